The van der Waals surface area contributed by atoms with Gasteiger partial charge >= 0.3 is 0 Å². The van der Waals surface area contributed by atoms with Crippen molar-refractivity contribution < 1.29 is 9.59 Å². The van der Waals surface area contributed by atoms with Crippen LogP contribution in [0.25, 0.3) is 10.8 Å². The van der Waals surface area contributed by atoms with Crippen molar-refractivity contribution in [2.45, 2.75) is 12.5 Å². The number of benzene rings is 2. The lowest BCUT2D eigenvalue weighted by atomic mass is 9.99. The van der Waals surface area contributed by atoms with Gasteiger partial charge in [-0.2, -0.15) is 0 Å². The van der Waals surface area contributed by atoms with Crippen LogP contribution in [0.5, 0.6) is 0 Å². The van der Waals surface area contributed by atoms with E-state index >= 15 is 0 Å². The molecule has 0 aromatic heterocycles. The van der Waals surface area contributed by atoms with E-state index in [1.54, 1.807) is 4.90 Å². The molecule has 0 saturated carbocycles. The van der Waals surface area contributed by atoms with Crippen LogP contribution in [0.1, 0.15) is 5.56 Å². The Morgan fingerprint density at radius 2 is 2.05 bits per heavy atom. The normalized spacial score (nSPS) is 18.7. The molecular formula is C17H18N2O2. The average Bonchev–Trinajstić information content (AvgIpc) is 2.54. The van der Waals surface area contributed by atoms with Crippen molar-refractivity contribution in [2.75, 3.05) is 19.6 Å². The molecule has 3 rings (SSSR count). The summed E-state index contributed by atoms with van der Waals surface area (Å²) in [4.78, 5) is 25.1. The molecule has 2 aromatic rings. The fourth-order valence-corrected chi connectivity index (χ4v) is 2.81. The van der Waals surface area contributed by atoms with Crippen LogP contribution in [-0.2, 0) is 16.0 Å². The Kier molecular flexibility index (Phi) is 3.97. The molecule has 1 atom stereocenters. The number of hydrogen-bond donors (Lipinski definition) is 1. The number of piperazine rings is 1. The first-order valence-electron chi connectivity index (χ1n) is 7.20. The number of fused-ring (bicyclic) bond motifs is 1. The maximum absolute atomic E-state index is 12.4. The van der Waals surface area contributed by atoms with Crippen molar-refractivity contribution >= 4 is 23.0 Å². The van der Waals surface area contributed by atoms with E-state index in [1.165, 1.54) is 5.39 Å². The monoisotopic (exact) mass is 282 g/mol. The van der Waals surface area contributed by atoms with Crippen molar-refractivity contribution in [3.8, 4) is 0 Å². The second kappa shape index (κ2) is 6.06. The van der Waals surface area contributed by atoms with Crippen molar-refractivity contribution in [3.05, 3.63) is 48.0 Å². The van der Waals surface area contributed by atoms with Crippen molar-refractivity contribution in [1.29, 1.82) is 0 Å². The zero-order chi connectivity index (χ0) is 14.7. The van der Waals surface area contributed by atoms with Crippen LogP contribution < -0.4 is 5.32 Å². The zero-order valence-corrected chi connectivity index (χ0v) is 11.8. The van der Waals surface area contributed by atoms with Crippen LogP contribution in [0.2, 0.25) is 0 Å². The molecule has 1 aliphatic heterocycles. The number of carbonyl (C=O) groups is 2. The molecule has 0 aliphatic carbocycles. The van der Waals surface area contributed by atoms with Gasteiger partial charge in [-0.15, -0.1) is 0 Å². The molecule has 1 fully saturated rings. The highest BCUT2D eigenvalue weighted by molar-refractivity contribution is 5.90. The fourth-order valence-electron chi connectivity index (χ4n) is 2.81. The summed E-state index contributed by atoms with van der Waals surface area (Å²) in [5.41, 5.74) is 0.995. The summed E-state index contributed by atoms with van der Waals surface area (Å²) >= 11 is 0. The quantitative estimate of drug-likeness (QED) is 0.862. The molecule has 4 heteroatoms. The zero-order valence-electron chi connectivity index (χ0n) is 11.8. The first-order chi connectivity index (χ1) is 10.3. The summed E-state index contributed by atoms with van der Waals surface area (Å²) in [7, 11) is 0. The third-order valence-electron chi connectivity index (χ3n) is 3.98. The molecule has 1 aliphatic rings. The van der Waals surface area contributed by atoms with Gasteiger partial charge < -0.3 is 10.2 Å². The Labute approximate surface area is 123 Å². The molecule has 21 heavy (non-hydrogen) atoms. The van der Waals surface area contributed by atoms with Crippen LogP contribution in [-0.4, -0.2) is 42.8 Å². The molecule has 0 spiro atoms. The molecule has 1 heterocycles. The molecule has 0 bridgehead atoms. The fraction of sp³-hybridized carbons (Fsp3) is 0.294. The van der Waals surface area contributed by atoms with Crippen LogP contribution in [0.3, 0.4) is 0 Å². The molecule has 0 radical (unpaired) electrons. The van der Waals surface area contributed by atoms with Gasteiger partial charge in [-0.05, 0) is 16.3 Å². The van der Waals surface area contributed by atoms with E-state index in [0.717, 1.165) is 23.9 Å². The van der Waals surface area contributed by atoms with Crippen molar-refractivity contribution in [2.24, 2.45) is 0 Å². The largest absolute Gasteiger partial charge is 0.333 e. The SMILES string of the molecule is O=CN1CCNCC1C(=O)Cc1ccc2ccccc2c1. The van der Waals surface area contributed by atoms with E-state index in [9.17, 15) is 9.59 Å². The molecule has 1 N–H and O–H groups in total. The van der Waals surface area contributed by atoms with E-state index in [2.05, 4.69) is 17.4 Å². The summed E-state index contributed by atoms with van der Waals surface area (Å²) in [6, 6.07) is 13.8. The van der Waals surface area contributed by atoms with Crippen molar-refractivity contribution in [3.63, 3.8) is 0 Å². The lowest BCUT2D eigenvalue weighted by Gasteiger charge is -2.32. The van der Waals surface area contributed by atoms with Gasteiger partial charge in [0.05, 0.1) is 0 Å². The maximum Gasteiger partial charge on any atom is 0.210 e. The van der Waals surface area contributed by atoms with Crippen LogP contribution in [0, 0.1) is 0 Å². The van der Waals surface area contributed by atoms with Gasteiger partial charge in [0.15, 0.2) is 5.78 Å². The Balaban J connectivity index is 1.77. The average molecular weight is 282 g/mol. The summed E-state index contributed by atoms with van der Waals surface area (Å²) in [5, 5.41) is 5.48. The number of carbonyl (C=O) groups excluding carboxylic acids is 2. The van der Waals surface area contributed by atoms with Crippen molar-refractivity contribution in [1.82, 2.24) is 10.2 Å². The van der Waals surface area contributed by atoms with Gasteiger partial charge in [-0.25, -0.2) is 0 Å². The topological polar surface area (TPSA) is 49.4 Å². The number of Topliss-reactive ketones (excluding diaryl/α,β-unsaturated/α-hetero) is 1. The summed E-state index contributed by atoms with van der Waals surface area (Å²) in [5.74, 6) is 0.0876. The lowest BCUT2D eigenvalue weighted by Crippen LogP contribution is -2.54. The minimum absolute atomic E-state index is 0.0876. The minimum Gasteiger partial charge on any atom is -0.333 e. The Hall–Kier alpha value is -2.20. The highest BCUT2D eigenvalue weighted by Crippen LogP contribution is 2.17. The van der Waals surface area contributed by atoms with E-state index in [-0.39, 0.29) is 11.8 Å². The first kappa shape index (κ1) is 13.8. The summed E-state index contributed by atoms with van der Waals surface area (Å²) in [6.07, 6.45) is 1.14. The Morgan fingerprint density at radius 3 is 2.86 bits per heavy atom. The second-order valence-electron chi connectivity index (χ2n) is 5.39. The van der Waals surface area contributed by atoms with Gasteiger partial charge in [0.25, 0.3) is 0 Å². The molecule has 1 saturated heterocycles. The number of nitrogens with zero attached hydrogens (tertiary/aromatic N) is 1. The van der Waals surface area contributed by atoms with E-state index in [0.29, 0.717) is 19.5 Å². The van der Waals surface area contributed by atoms with Crippen LogP contribution in [0.4, 0.5) is 0 Å². The predicted molar refractivity (Wildman–Crippen MR) is 82.1 cm³/mol. The standard InChI is InChI=1S/C17H18N2O2/c20-12-19-8-7-18-11-16(19)17(21)10-13-5-6-14-3-1-2-4-15(14)9-13/h1-6,9,12,16,18H,7-8,10-11H2. The Morgan fingerprint density at radius 1 is 1.24 bits per heavy atom. The van der Waals surface area contributed by atoms with E-state index in [4.69, 9.17) is 0 Å². The molecule has 1 amide bonds. The number of rotatable bonds is 4. The molecule has 108 valence electrons. The number of nitrogens with one attached hydrogen (secondary N) is 1. The number of amides is 1. The van der Waals surface area contributed by atoms with Gasteiger partial charge in [0.1, 0.15) is 6.04 Å². The third kappa shape index (κ3) is 2.95. The minimum atomic E-state index is -0.345. The highest BCUT2D eigenvalue weighted by atomic mass is 16.1. The number of ketones is 1. The first-order valence-corrected chi connectivity index (χ1v) is 7.20. The van der Waals surface area contributed by atoms with Gasteiger partial charge in [-0.3, -0.25) is 9.59 Å². The summed E-state index contributed by atoms with van der Waals surface area (Å²) < 4.78 is 0. The number of hydrogen-bond acceptors (Lipinski definition) is 3. The summed E-state index contributed by atoms with van der Waals surface area (Å²) in [6.45, 7) is 1.89. The smallest absolute Gasteiger partial charge is 0.210 e. The third-order valence-corrected chi connectivity index (χ3v) is 3.98. The highest BCUT2D eigenvalue weighted by Gasteiger charge is 2.27. The lowest BCUT2D eigenvalue weighted by molar-refractivity contribution is -0.132. The molecule has 4 nitrogen and oxygen atoms in total. The van der Waals surface area contributed by atoms with Gasteiger partial charge in [0, 0.05) is 26.1 Å². The Bertz CT molecular complexity index is 669. The van der Waals surface area contributed by atoms with Crippen LogP contribution in [0.15, 0.2) is 42.5 Å². The molecular weight excluding hydrogens is 264 g/mol. The predicted octanol–water partition coefficient (Wildman–Crippen LogP) is 1.38. The van der Waals surface area contributed by atoms with Crippen LogP contribution >= 0.6 is 0 Å². The van der Waals surface area contributed by atoms with E-state index < -0.39 is 0 Å². The maximum atomic E-state index is 12.4. The second-order valence-corrected chi connectivity index (χ2v) is 5.39. The van der Waals surface area contributed by atoms with E-state index in [1.807, 2.05) is 30.3 Å². The van der Waals surface area contributed by atoms with Gasteiger partial charge in [-0.1, -0.05) is 42.5 Å². The molecule has 2 aromatic carbocycles. The molecule has 1 unspecified atom stereocenters. The van der Waals surface area contributed by atoms with Gasteiger partial charge in [0.2, 0.25) is 6.41 Å².